The van der Waals surface area contributed by atoms with Gasteiger partial charge in [0.1, 0.15) is 11.8 Å². The largest absolute Gasteiger partial charge is 0.463 e. The molecule has 0 spiro atoms. The Labute approximate surface area is 134 Å². The van der Waals surface area contributed by atoms with Gasteiger partial charge in [0.05, 0.1) is 10.9 Å². The quantitative estimate of drug-likeness (QED) is 0.662. The van der Waals surface area contributed by atoms with E-state index in [0.29, 0.717) is 16.5 Å². The zero-order chi connectivity index (χ0) is 15.7. The van der Waals surface area contributed by atoms with E-state index < -0.39 is 0 Å². The van der Waals surface area contributed by atoms with Gasteiger partial charge in [0.25, 0.3) is 0 Å². The molecule has 4 heteroatoms. The number of hydrogen-bond acceptors (Lipinski definition) is 2. The predicted molar refractivity (Wildman–Crippen MR) is 99.5 cm³/mol. The molecular weight excluding hydrogens is 310 g/mol. The van der Waals surface area contributed by atoms with Crippen molar-refractivity contribution < 1.29 is 4.42 Å². The molecule has 0 radical (unpaired) electrons. The molecule has 3 aromatic rings. The van der Waals surface area contributed by atoms with Crippen LogP contribution >= 0.6 is 18.5 Å². The van der Waals surface area contributed by atoms with Crippen LogP contribution in [0, 0.1) is 6.92 Å². The van der Waals surface area contributed by atoms with Gasteiger partial charge >= 0.3 is 0 Å². The average Bonchev–Trinajstić information content (AvgIpc) is 2.55. The maximum atomic E-state index is 12.8. The average molecular weight is 328 g/mol. The molecule has 0 N–H and O–H groups in total. The summed E-state index contributed by atoms with van der Waals surface area (Å²) in [6.07, 6.45) is 3.25. The highest BCUT2D eigenvalue weighted by Crippen LogP contribution is 2.25. The predicted octanol–water partition coefficient (Wildman–Crippen LogP) is 4.52. The fourth-order valence-corrected chi connectivity index (χ4v) is 3.34. The molecule has 0 aliphatic heterocycles. The molecule has 112 valence electrons. The Bertz CT molecular complexity index is 880. The van der Waals surface area contributed by atoms with Crippen LogP contribution in [0.1, 0.15) is 16.7 Å². The lowest BCUT2D eigenvalue weighted by atomic mass is 10.0. The molecule has 2 aromatic carbocycles. The van der Waals surface area contributed by atoms with E-state index >= 15 is 0 Å². The highest BCUT2D eigenvalue weighted by Gasteiger charge is 2.11. The number of aryl methyl sites for hydroxylation is 1. The van der Waals surface area contributed by atoms with Crippen molar-refractivity contribution >= 4 is 29.4 Å². The number of hydrogen-bond donors (Lipinski definition) is 0. The van der Waals surface area contributed by atoms with Crippen molar-refractivity contribution in [2.45, 2.75) is 19.2 Å². The number of fused-ring (bicyclic) bond motifs is 1. The SMILES string of the molecule is Cc1ccc(-c2coc3cc(CP)c(CP)cc3c2=O)cc1. The Balaban J connectivity index is 2.25. The molecule has 2 unspecified atom stereocenters. The molecule has 1 heterocycles. The molecule has 22 heavy (non-hydrogen) atoms. The van der Waals surface area contributed by atoms with E-state index in [-0.39, 0.29) is 5.43 Å². The van der Waals surface area contributed by atoms with Crippen LogP contribution in [-0.4, -0.2) is 0 Å². The van der Waals surface area contributed by atoms with E-state index in [1.807, 2.05) is 43.3 Å². The van der Waals surface area contributed by atoms with Crippen LogP contribution in [0.15, 0.2) is 51.9 Å². The van der Waals surface area contributed by atoms with Gasteiger partial charge in [-0.25, -0.2) is 0 Å². The van der Waals surface area contributed by atoms with Crippen LogP contribution in [0.4, 0.5) is 0 Å². The van der Waals surface area contributed by atoms with Crippen LogP contribution in [-0.2, 0) is 12.3 Å². The summed E-state index contributed by atoms with van der Waals surface area (Å²) < 4.78 is 5.73. The zero-order valence-corrected chi connectivity index (χ0v) is 14.7. The molecule has 0 saturated carbocycles. The van der Waals surface area contributed by atoms with Gasteiger partial charge in [-0.05, 0) is 48.1 Å². The highest BCUT2D eigenvalue weighted by atomic mass is 31.0. The summed E-state index contributed by atoms with van der Waals surface area (Å²) in [6.45, 7) is 2.03. The molecule has 2 atom stereocenters. The van der Waals surface area contributed by atoms with Gasteiger partial charge in [0, 0.05) is 0 Å². The van der Waals surface area contributed by atoms with Gasteiger partial charge in [0.15, 0.2) is 5.43 Å². The van der Waals surface area contributed by atoms with Gasteiger partial charge in [-0.15, -0.1) is 18.5 Å². The van der Waals surface area contributed by atoms with E-state index in [2.05, 4.69) is 18.5 Å². The van der Waals surface area contributed by atoms with Crippen LogP contribution in [0.2, 0.25) is 0 Å². The van der Waals surface area contributed by atoms with E-state index in [1.54, 1.807) is 6.26 Å². The Hall–Kier alpha value is -1.49. The normalized spacial score (nSPS) is 11.0. The Kier molecular flexibility index (Phi) is 4.43. The molecule has 0 fully saturated rings. The molecule has 0 aliphatic rings. The minimum atomic E-state index is 0.0279. The standard InChI is InChI=1S/C18H18O2P2/c1-11-2-4-12(5-3-11)16-8-20-17-7-14(10-22)13(9-21)6-15(17)18(16)19/h2-8H,9-10,21-22H2,1H3. The van der Waals surface area contributed by atoms with E-state index in [1.165, 1.54) is 16.7 Å². The smallest absolute Gasteiger partial charge is 0.200 e. The summed E-state index contributed by atoms with van der Waals surface area (Å²) in [5.74, 6) is 0. The first-order valence-corrected chi connectivity index (χ1v) is 8.82. The summed E-state index contributed by atoms with van der Waals surface area (Å²) in [4.78, 5) is 12.8. The molecule has 0 saturated heterocycles. The minimum absolute atomic E-state index is 0.0279. The Morgan fingerprint density at radius 1 is 1.00 bits per heavy atom. The van der Waals surface area contributed by atoms with Crippen LogP contribution in [0.3, 0.4) is 0 Å². The first-order valence-electron chi connectivity index (χ1n) is 7.18. The van der Waals surface area contributed by atoms with Crippen molar-refractivity contribution in [2.24, 2.45) is 0 Å². The third kappa shape index (κ3) is 2.74. The van der Waals surface area contributed by atoms with Crippen LogP contribution in [0.5, 0.6) is 0 Å². The Morgan fingerprint density at radius 2 is 1.64 bits per heavy atom. The fourth-order valence-electron chi connectivity index (χ4n) is 2.58. The molecule has 3 rings (SSSR count). The number of rotatable bonds is 3. The first kappa shape index (κ1) is 15.4. The maximum absolute atomic E-state index is 12.8. The van der Waals surface area contributed by atoms with Crippen LogP contribution < -0.4 is 5.43 Å². The lowest BCUT2D eigenvalue weighted by molar-refractivity contribution is 0.604. The lowest BCUT2D eigenvalue weighted by Gasteiger charge is -2.08. The van der Waals surface area contributed by atoms with Gasteiger partial charge in [-0.1, -0.05) is 29.8 Å². The van der Waals surface area contributed by atoms with Crippen molar-refractivity contribution in [3.63, 3.8) is 0 Å². The van der Waals surface area contributed by atoms with Crippen LogP contribution in [0.25, 0.3) is 22.1 Å². The second-order valence-electron chi connectivity index (χ2n) is 5.37. The Morgan fingerprint density at radius 3 is 2.27 bits per heavy atom. The minimum Gasteiger partial charge on any atom is -0.463 e. The van der Waals surface area contributed by atoms with E-state index in [0.717, 1.165) is 17.9 Å². The zero-order valence-electron chi connectivity index (χ0n) is 12.4. The second kappa shape index (κ2) is 6.32. The van der Waals surface area contributed by atoms with Crippen molar-refractivity contribution in [3.05, 3.63) is 69.6 Å². The van der Waals surface area contributed by atoms with Crippen molar-refractivity contribution in [1.29, 1.82) is 0 Å². The highest BCUT2D eigenvalue weighted by molar-refractivity contribution is 7.16. The van der Waals surface area contributed by atoms with Gasteiger partial charge in [-0.2, -0.15) is 0 Å². The molecular formula is C18H18O2P2. The van der Waals surface area contributed by atoms with Gasteiger partial charge in [0.2, 0.25) is 0 Å². The summed E-state index contributed by atoms with van der Waals surface area (Å²) >= 11 is 0. The topological polar surface area (TPSA) is 30.2 Å². The molecule has 1 aromatic heterocycles. The van der Waals surface area contributed by atoms with E-state index in [4.69, 9.17) is 4.42 Å². The van der Waals surface area contributed by atoms with Crippen molar-refractivity contribution in [1.82, 2.24) is 0 Å². The maximum Gasteiger partial charge on any atom is 0.200 e. The summed E-state index contributed by atoms with van der Waals surface area (Å²) in [5, 5.41) is 0.651. The van der Waals surface area contributed by atoms with Crippen molar-refractivity contribution in [2.75, 3.05) is 0 Å². The first-order chi connectivity index (χ1) is 10.6. The van der Waals surface area contributed by atoms with Gasteiger partial charge < -0.3 is 4.42 Å². The molecule has 2 nitrogen and oxygen atoms in total. The fraction of sp³-hybridized carbons (Fsp3) is 0.167. The summed E-state index contributed by atoms with van der Waals surface area (Å²) in [5.41, 5.74) is 5.72. The van der Waals surface area contributed by atoms with Crippen molar-refractivity contribution in [3.8, 4) is 11.1 Å². The van der Waals surface area contributed by atoms with E-state index in [9.17, 15) is 4.79 Å². The second-order valence-corrected chi connectivity index (χ2v) is 6.19. The summed E-state index contributed by atoms with van der Waals surface area (Å²) in [7, 11) is 5.44. The molecule has 0 bridgehead atoms. The third-order valence-corrected chi connectivity index (χ3v) is 4.78. The number of benzene rings is 2. The lowest BCUT2D eigenvalue weighted by Crippen LogP contribution is -2.06. The molecule has 0 amide bonds. The summed E-state index contributed by atoms with van der Waals surface area (Å²) in [6, 6.07) is 11.9. The molecule has 0 aliphatic carbocycles. The van der Waals surface area contributed by atoms with Gasteiger partial charge in [-0.3, -0.25) is 4.79 Å². The monoisotopic (exact) mass is 328 g/mol. The third-order valence-electron chi connectivity index (χ3n) is 3.90.